The fourth-order valence-electron chi connectivity index (χ4n) is 7.46. The van der Waals surface area contributed by atoms with Crippen molar-refractivity contribution >= 4 is 15.8 Å². The third-order valence-corrected chi connectivity index (χ3v) is 16.9. The first-order valence-corrected chi connectivity index (χ1v) is 19.2. The van der Waals surface area contributed by atoms with E-state index in [4.69, 9.17) is 0 Å². The number of aliphatic hydroxyl groups excluding tert-OH is 4. The van der Waals surface area contributed by atoms with Gasteiger partial charge in [0.2, 0.25) is 0 Å². The van der Waals surface area contributed by atoms with Gasteiger partial charge in [0.25, 0.3) is 0 Å². The summed E-state index contributed by atoms with van der Waals surface area (Å²) in [5, 5.41) is 46.0. The topological polar surface area (TPSA) is 80.9 Å². The van der Waals surface area contributed by atoms with Gasteiger partial charge in [-0.3, -0.25) is 0 Å². The van der Waals surface area contributed by atoms with Gasteiger partial charge >= 0.3 is 0 Å². The molecule has 8 atom stereocenters. The molecule has 0 unspecified atom stereocenters. The van der Waals surface area contributed by atoms with E-state index in [0.29, 0.717) is 0 Å². The average Bonchev–Trinajstić information content (AvgIpc) is 3.41. The van der Waals surface area contributed by atoms with Crippen LogP contribution in [-0.2, 0) is 25.7 Å². The van der Waals surface area contributed by atoms with E-state index in [0.717, 1.165) is 38.0 Å². The van der Waals surface area contributed by atoms with Crippen molar-refractivity contribution in [3.05, 3.63) is 144 Å². The molecule has 2 aliphatic rings. The van der Waals surface area contributed by atoms with Crippen LogP contribution >= 0.6 is 15.8 Å². The molecule has 0 radical (unpaired) electrons. The van der Waals surface area contributed by atoms with Gasteiger partial charge in [-0.15, -0.1) is 0 Å². The summed E-state index contributed by atoms with van der Waals surface area (Å²) in [7, 11) is -1.49. The van der Waals surface area contributed by atoms with E-state index >= 15 is 0 Å². The van der Waals surface area contributed by atoms with E-state index in [2.05, 4.69) is 48.5 Å². The summed E-state index contributed by atoms with van der Waals surface area (Å²) in [6.45, 7) is 0. The van der Waals surface area contributed by atoms with E-state index in [1.807, 2.05) is 72.8 Å². The zero-order chi connectivity index (χ0) is 30.5. The molecule has 2 fully saturated rings. The Morgan fingerprint density at radius 3 is 0.750 bits per heavy atom. The summed E-state index contributed by atoms with van der Waals surface area (Å²) in [6.07, 6.45) is 1.79. The molecule has 6 rings (SSSR count). The Kier molecular flexibility index (Phi) is 10.6. The van der Waals surface area contributed by atoms with Crippen LogP contribution in [0.3, 0.4) is 0 Å². The molecule has 4 aromatic rings. The summed E-state index contributed by atoms with van der Waals surface area (Å²) in [6, 6.07) is 41.4. The van der Waals surface area contributed by atoms with Crippen molar-refractivity contribution < 1.29 is 20.4 Å². The van der Waals surface area contributed by atoms with Gasteiger partial charge in [0.05, 0.1) is 24.4 Å². The number of rotatable bonds is 11. The molecule has 0 spiro atoms. The minimum Gasteiger partial charge on any atom is -0.390 e. The van der Waals surface area contributed by atoms with Crippen molar-refractivity contribution in [2.75, 3.05) is 12.3 Å². The fourth-order valence-corrected chi connectivity index (χ4v) is 15.7. The second kappa shape index (κ2) is 14.8. The van der Waals surface area contributed by atoms with Crippen molar-refractivity contribution in [1.29, 1.82) is 0 Å². The summed E-state index contributed by atoms with van der Waals surface area (Å²) in [4.78, 5) is 0. The van der Waals surface area contributed by atoms with Gasteiger partial charge in [0.15, 0.2) is 0 Å². The minimum absolute atomic E-state index is 0.00343. The van der Waals surface area contributed by atoms with Crippen LogP contribution in [0, 0.1) is 0 Å². The maximum atomic E-state index is 11.5. The first kappa shape index (κ1) is 31.6. The van der Waals surface area contributed by atoms with Crippen LogP contribution < -0.4 is 0 Å². The van der Waals surface area contributed by atoms with Gasteiger partial charge in [-0.05, 0) is 60.3 Å². The van der Waals surface area contributed by atoms with E-state index in [1.165, 1.54) is 22.3 Å². The summed E-state index contributed by atoms with van der Waals surface area (Å²) < 4.78 is 0. The van der Waals surface area contributed by atoms with E-state index in [9.17, 15) is 20.4 Å². The SMILES string of the molecule is O[C@@H]1[C@@H](O)[C@@H](Cc2ccccc2)P(CCP2[C@H](Cc3ccccc3)[C@H](O)[C@@H](O)[C@H]2Cc2ccccc2)[C@@H]1Cc1ccccc1. The highest BCUT2D eigenvalue weighted by Crippen LogP contribution is 2.63. The molecule has 0 saturated carbocycles. The number of hydrogen-bond acceptors (Lipinski definition) is 4. The second-order valence-corrected chi connectivity index (χ2v) is 18.1. The second-order valence-electron chi connectivity index (χ2n) is 12.5. The Labute approximate surface area is 264 Å². The fraction of sp³-hybridized carbons (Fsp3) is 0.368. The first-order valence-electron chi connectivity index (χ1n) is 15.9. The molecule has 2 aliphatic heterocycles. The third kappa shape index (κ3) is 7.18. The Hall–Kier alpha value is -2.42. The van der Waals surface area contributed by atoms with E-state index in [-0.39, 0.29) is 22.6 Å². The highest BCUT2D eigenvalue weighted by molar-refractivity contribution is 7.63. The minimum atomic E-state index is -0.761. The summed E-state index contributed by atoms with van der Waals surface area (Å²) in [5.74, 6) is 0. The van der Waals surface area contributed by atoms with Crippen LogP contribution in [0.4, 0.5) is 0 Å². The van der Waals surface area contributed by atoms with Crippen LogP contribution in [0.1, 0.15) is 22.3 Å². The van der Waals surface area contributed by atoms with E-state index in [1.54, 1.807) is 0 Å². The lowest BCUT2D eigenvalue weighted by Gasteiger charge is -2.32. The zero-order valence-corrected chi connectivity index (χ0v) is 26.9. The standard InChI is InChI=1S/C38H44O4P2/c39-35-31(23-27-13-5-1-6-14-27)43(32(36(35)40)24-28-15-7-2-8-16-28)21-22-44-33(25-29-17-9-3-10-18-29)37(41)38(42)34(44)26-30-19-11-4-12-20-30/h1-20,31-42H,21-26H2/t31-,32-,33-,34-,35+,36+,37+,38+/m1/s1. The molecule has 44 heavy (non-hydrogen) atoms. The predicted molar refractivity (Wildman–Crippen MR) is 183 cm³/mol. The maximum Gasteiger partial charge on any atom is 0.0875 e. The molecule has 0 aromatic heterocycles. The molecular formula is C38H44O4P2. The van der Waals surface area contributed by atoms with Crippen molar-refractivity contribution in [3.8, 4) is 0 Å². The molecular weight excluding hydrogens is 582 g/mol. The number of hydrogen-bond donors (Lipinski definition) is 4. The zero-order valence-electron chi connectivity index (χ0n) is 25.1. The predicted octanol–water partition coefficient (Wildman–Crippen LogP) is 5.87. The van der Waals surface area contributed by atoms with Crippen LogP contribution in [-0.4, -0.2) is 79.8 Å². The third-order valence-electron chi connectivity index (χ3n) is 9.75. The summed E-state index contributed by atoms with van der Waals surface area (Å²) >= 11 is 0. The normalized spacial score (nSPS) is 31.7. The first-order chi connectivity index (χ1) is 21.5. The van der Waals surface area contributed by atoms with Crippen LogP contribution in [0.15, 0.2) is 121 Å². The highest BCUT2D eigenvalue weighted by Gasteiger charge is 2.51. The van der Waals surface area contributed by atoms with Crippen LogP contribution in [0.5, 0.6) is 0 Å². The molecule has 0 aliphatic carbocycles. The van der Waals surface area contributed by atoms with Gasteiger partial charge in [0, 0.05) is 22.6 Å². The molecule has 2 heterocycles. The lowest BCUT2D eigenvalue weighted by Crippen LogP contribution is -2.33. The highest BCUT2D eigenvalue weighted by atomic mass is 31.1. The Morgan fingerprint density at radius 2 is 0.545 bits per heavy atom. The lowest BCUT2D eigenvalue weighted by molar-refractivity contribution is 0.0282. The molecule has 0 amide bonds. The molecule has 6 heteroatoms. The van der Waals surface area contributed by atoms with Crippen molar-refractivity contribution in [3.63, 3.8) is 0 Å². The molecule has 2 saturated heterocycles. The Morgan fingerprint density at radius 1 is 0.341 bits per heavy atom. The number of benzene rings is 4. The molecule has 4 nitrogen and oxygen atoms in total. The van der Waals surface area contributed by atoms with Crippen molar-refractivity contribution in [2.45, 2.75) is 72.7 Å². The monoisotopic (exact) mass is 626 g/mol. The molecule has 4 aromatic carbocycles. The molecule has 4 N–H and O–H groups in total. The Balaban J connectivity index is 1.29. The maximum absolute atomic E-state index is 11.5. The van der Waals surface area contributed by atoms with E-state index < -0.39 is 40.3 Å². The number of aliphatic hydroxyl groups is 4. The molecule has 230 valence electrons. The van der Waals surface area contributed by atoms with Gasteiger partial charge in [-0.2, -0.15) is 0 Å². The average molecular weight is 627 g/mol. The smallest absolute Gasteiger partial charge is 0.0875 e. The quantitative estimate of drug-likeness (QED) is 0.157. The van der Waals surface area contributed by atoms with Gasteiger partial charge in [-0.25, -0.2) is 0 Å². The summed E-state index contributed by atoms with van der Waals surface area (Å²) in [5.41, 5.74) is 4.78. The van der Waals surface area contributed by atoms with Crippen molar-refractivity contribution in [1.82, 2.24) is 0 Å². The van der Waals surface area contributed by atoms with Crippen LogP contribution in [0.25, 0.3) is 0 Å². The van der Waals surface area contributed by atoms with Gasteiger partial charge in [-0.1, -0.05) is 137 Å². The van der Waals surface area contributed by atoms with Gasteiger partial charge < -0.3 is 20.4 Å². The lowest BCUT2D eigenvalue weighted by atomic mass is 9.99. The van der Waals surface area contributed by atoms with Crippen molar-refractivity contribution in [2.24, 2.45) is 0 Å². The largest absolute Gasteiger partial charge is 0.390 e. The van der Waals surface area contributed by atoms with Gasteiger partial charge in [0.1, 0.15) is 0 Å². The van der Waals surface area contributed by atoms with Crippen LogP contribution in [0.2, 0.25) is 0 Å². The Bertz CT molecular complexity index is 1210. The molecule has 0 bridgehead atoms.